The molecule has 1 unspecified atom stereocenters. The SMILES string of the molecule is Cc1ccccc1CC(C)NC(=O)CN1C[C@@H](N)[C@H](c2ccccc2)C1.Cl. The Kier molecular flexibility index (Phi) is 7.84. The van der Waals surface area contributed by atoms with Crippen LogP contribution in [0.3, 0.4) is 0 Å². The van der Waals surface area contributed by atoms with Gasteiger partial charge in [-0.2, -0.15) is 0 Å². The molecule has 0 aromatic heterocycles. The van der Waals surface area contributed by atoms with E-state index in [1.807, 2.05) is 30.3 Å². The highest BCUT2D eigenvalue weighted by Crippen LogP contribution is 2.25. The predicted octanol–water partition coefficient (Wildman–Crippen LogP) is 2.89. The van der Waals surface area contributed by atoms with Crippen LogP contribution in [0.2, 0.25) is 0 Å². The van der Waals surface area contributed by atoms with Crippen molar-refractivity contribution in [2.75, 3.05) is 19.6 Å². The van der Waals surface area contributed by atoms with Gasteiger partial charge < -0.3 is 11.1 Å². The number of carbonyl (C=O) groups excluding carboxylic acids is 1. The number of carbonyl (C=O) groups is 1. The molecule has 27 heavy (non-hydrogen) atoms. The van der Waals surface area contributed by atoms with E-state index in [1.165, 1.54) is 16.7 Å². The van der Waals surface area contributed by atoms with Crippen LogP contribution in [0, 0.1) is 6.92 Å². The molecule has 4 nitrogen and oxygen atoms in total. The van der Waals surface area contributed by atoms with Gasteiger partial charge in [-0.05, 0) is 37.0 Å². The number of likely N-dealkylation sites (tertiary alicyclic amines) is 1. The van der Waals surface area contributed by atoms with Gasteiger partial charge in [0.15, 0.2) is 0 Å². The monoisotopic (exact) mass is 387 g/mol. The summed E-state index contributed by atoms with van der Waals surface area (Å²) in [6.45, 7) is 6.19. The summed E-state index contributed by atoms with van der Waals surface area (Å²) in [5, 5.41) is 3.13. The summed E-state index contributed by atoms with van der Waals surface area (Å²) in [6, 6.07) is 18.9. The van der Waals surface area contributed by atoms with Crippen molar-refractivity contribution < 1.29 is 4.79 Å². The van der Waals surface area contributed by atoms with Crippen LogP contribution in [0.15, 0.2) is 54.6 Å². The minimum Gasteiger partial charge on any atom is -0.352 e. The normalized spacial score (nSPS) is 20.7. The standard InChI is InChI=1S/C22H29N3O.ClH/c1-16-8-6-7-11-19(16)12-17(2)24-22(26)15-25-13-20(21(23)14-25)18-9-4-3-5-10-18;/h3-11,17,20-21H,12-15,23H2,1-2H3,(H,24,26);1H/t17?,20-,21+;/m0./s1. The second-order valence-electron chi connectivity index (χ2n) is 7.47. The Balaban J connectivity index is 0.00000261. The zero-order chi connectivity index (χ0) is 18.5. The van der Waals surface area contributed by atoms with Gasteiger partial charge in [0.05, 0.1) is 6.54 Å². The molecule has 3 atom stereocenters. The van der Waals surface area contributed by atoms with E-state index in [0.29, 0.717) is 12.5 Å². The lowest BCUT2D eigenvalue weighted by atomic mass is 9.95. The van der Waals surface area contributed by atoms with Crippen LogP contribution in [0.4, 0.5) is 0 Å². The van der Waals surface area contributed by atoms with Gasteiger partial charge in [0, 0.05) is 31.1 Å². The maximum absolute atomic E-state index is 12.4. The lowest BCUT2D eigenvalue weighted by Crippen LogP contribution is -2.41. The van der Waals surface area contributed by atoms with Crippen molar-refractivity contribution in [1.29, 1.82) is 0 Å². The number of benzene rings is 2. The van der Waals surface area contributed by atoms with Crippen molar-refractivity contribution in [3.05, 3.63) is 71.3 Å². The number of halogens is 1. The average Bonchev–Trinajstić information content (AvgIpc) is 2.97. The first kappa shape index (κ1) is 21.4. The third-order valence-corrected chi connectivity index (χ3v) is 5.23. The number of nitrogens with one attached hydrogen (secondary N) is 1. The molecule has 1 aliphatic rings. The van der Waals surface area contributed by atoms with Gasteiger partial charge in [-0.25, -0.2) is 0 Å². The number of hydrogen-bond acceptors (Lipinski definition) is 3. The summed E-state index contributed by atoms with van der Waals surface area (Å²) in [6.07, 6.45) is 0.852. The average molecular weight is 388 g/mol. The summed E-state index contributed by atoms with van der Waals surface area (Å²) < 4.78 is 0. The summed E-state index contributed by atoms with van der Waals surface area (Å²) in [5.74, 6) is 0.375. The van der Waals surface area contributed by atoms with E-state index in [1.54, 1.807) is 0 Å². The van der Waals surface area contributed by atoms with E-state index in [9.17, 15) is 4.79 Å². The Bertz CT molecular complexity index is 737. The molecule has 2 aromatic carbocycles. The van der Waals surface area contributed by atoms with E-state index < -0.39 is 0 Å². The molecular weight excluding hydrogens is 358 g/mol. The molecule has 3 rings (SSSR count). The largest absolute Gasteiger partial charge is 0.352 e. The van der Waals surface area contributed by atoms with Gasteiger partial charge in [-0.1, -0.05) is 54.6 Å². The van der Waals surface area contributed by atoms with Crippen molar-refractivity contribution >= 4 is 18.3 Å². The highest BCUT2D eigenvalue weighted by Gasteiger charge is 2.32. The van der Waals surface area contributed by atoms with Crippen LogP contribution >= 0.6 is 12.4 Å². The van der Waals surface area contributed by atoms with Crippen LogP contribution < -0.4 is 11.1 Å². The molecule has 1 heterocycles. The summed E-state index contributed by atoms with van der Waals surface area (Å²) >= 11 is 0. The van der Waals surface area contributed by atoms with Gasteiger partial charge in [-0.3, -0.25) is 9.69 Å². The minimum atomic E-state index is 0. The summed E-state index contributed by atoms with van der Waals surface area (Å²) in [4.78, 5) is 14.6. The third-order valence-electron chi connectivity index (χ3n) is 5.23. The Morgan fingerprint density at radius 1 is 1.15 bits per heavy atom. The molecule has 0 saturated carbocycles. The second-order valence-corrected chi connectivity index (χ2v) is 7.47. The van der Waals surface area contributed by atoms with Gasteiger partial charge in [0.2, 0.25) is 5.91 Å². The molecular formula is C22H30ClN3O. The van der Waals surface area contributed by atoms with E-state index in [0.717, 1.165) is 19.5 Å². The molecule has 5 heteroatoms. The van der Waals surface area contributed by atoms with E-state index in [2.05, 4.69) is 48.3 Å². The van der Waals surface area contributed by atoms with Crippen molar-refractivity contribution in [2.45, 2.75) is 38.3 Å². The number of nitrogens with two attached hydrogens (primary N) is 1. The number of aryl methyl sites for hydroxylation is 1. The summed E-state index contributed by atoms with van der Waals surface area (Å²) in [7, 11) is 0. The molecule has 0 bridgehead atoms. The first-order chi connectivity index (χ1) is 12.5. The van der Waals surface area contributed by atoms with Crippen LogP contribution in [-0.4, -0.2) is 42.5 Å². The molecule has 0 aliphatic carbocycles. The zero-order valence-corrected chi connectivity index (χ0v) is 16.9. The quantitative estimate of drug-likeness (QED) is 0.801. The molecule has 146 valence electrons. The van der Waals surface area contributed by atoms with E-state index in [-0.39, 0.29) is 30.4 Å². The number of nitrogens with zero attached hydrogens (tertiary/aromatic N) is 1. The maximum Gasteiger partial charge on any atom is 0.234 e. The Morgan fingerprint density at radius 2 is 1.81 bits per heavy atom. The number of hydrogen-bond donors (Lipinski definition) is 2. The molecule has 1 amide bonds. The van der Waals surface area contributed by atoms with Gasteiger partial charge in [0.1, 0.15) is 0 Å². The molecule has 0 radical (unpaired) electrons. The summed E-state index contributed by atoms with van der Waals surface area (Å²) in [5.41, 5.74) is 10.1. The number of rotatable bonds is 6. The number of amides is 1. The van der Waals surface area contributed by atoms with Crippen molar-refractivity contribution in [2.24, 2.45) is 5.73 Å². The van der Waals surface area contributed by atoms with E-state index >= 15 is 0 Å². The molecule has 1 aliphatic heterocycles. The third kappa shape index (κ3) is 5.80. The smallest absolute Gasteiger partial charge is 0.234 e. The van der Waals surface area contributed by atoms with Crippen molar-refractivity contribution in [3.63, 3.8) is 0 Å². The van der Waals surface area contributed by atoms with E-state index in [4.69, 9.17) is 5.73 Å². The second kappa shape index (κ2) is 9.88. The highest BCUT2D eigenvalue weighted by atomic mass is 35.5. The lowest BCUT2D eigenvalue weighted by Gasteiger charge is -2.19. The Hall–Kier alpha value is -1.88. The minimum absolute atomic E-state index is 0. The van der Waals surface area contributed by atoms with Crippen LogP contribution in [-0.2, 0) is 11.2 Å². The van der Waals surface area contributed by atoms with Gasteiger partial charge in [0.25, 0.3) is 0 Å². The molecule has 3 N–H and O–H groups in total. The highest BCUT2D eigenvalue weighted by molar-refractivity contribution is 5.85. The first-order valence-corrected chi connectivity index (χ1v) is 9.39. The zero-order valence-electron chi connectivity index (χ0n) is 16.1. The Morgan fingerprint density at radius 3 is 2.52 bits per heavy atom. The molecule has 1 saturated heterocycles. The topological polar surface area (TPSA) is 58.4 Å². The fourth-order valence-electron chi connectivity index (χ4n) is 3.84. The first-order valence-electron chi connectivity index (χ1n) is 9.39. The Labute approximate surface area is 168 Å². The van der Waals surface area contributed by atoms with Crippen LogP contribution in [0.5, 0.6) is 0 Å². The molecule has 2 aromatic rings. The fourth-order valence-corrected chi connectivity index (χ4v) is 3.84. The maximum atomic E-state index is 12.4. The van der Waals surface area contributed by atoms with Crippen LogP contribution in [0.1, 0.15) is 29.5 Å². The fraction of sp³-hybridized carbons (Fsp3) is 0.409. The van der Waals surface area contributed by atoms with Gasteiger partial charge >= 0.3 is 0 Å². The molecule has 0 spiro atoms. The van der Waals surface area contributed by atoms with Gasteiger partial charge in [-0.15, -0.1) is 12.4 Å². The molecule has 1 fully saturated rings. The van der Waals surface area contributed by atoms with Crippen molar-refractivity contribution in [1.82, 2.24) is 10.2 Å². The lowest BCUT2D eigenvalue weighted by molar-refractivity contribution is -0.122. The predicted molar refractivity (Wildman–Crippen MR) is 113 cm³/mol. The van der Waals surface area contributed by atoms with Crippen molar-refractivity contribution in [3.8, 4) is 0 Å². The van der Waals surface area contributed by atoms with Crippen LogP contribution in [0.25, 0.3) is 0 Å².